The van der Waals surface area contributed by atoms with Crippen molar-refractivity contribution >= 4 is 23.3 Å². The normalized spacial score (nSPS) is 10.6. The van der Waals surface area contributed by atoms with E-state index < -0.39 is 5.97 Å². The third kappa shape index (κ3) is 3.30. The second kappa shape index (κ2) is 7.28. The predicted molar refractivity (Wildman–Crippen MR) is 102 cm³/mol. The van der Waals surface area contributed by atoms with Crippen LogP contribution in [0.2, 0.25) is 0 Å². The van der Waals surface area contributed by atoms with Crippen molar-refractivity contribution in [1.82, 2.24) is 19.6 Å². The van der Waals surface area contributed by atoms with Crippen molar-refractivity contribution in [3.8, 4) is 11.4 Å². The summed E-state index contributed by atoms with van der Waals surface area (Å²) in [4.78, 5) is 28.0. The Morgan fingerprint density at radius 2 is 1.68 bits per heavy atom. The van der Waals surface area contributed by atoms with Crippen molar-refractivity contribution in [3.63, 3.8) is 0 Å². The lowest BCUT2D eigenvalue weighted by Crippen LogP contribution is -2.12. The number of ether oxygens (including phenoxy) is 1. The molecule has 2 aromatic heterocycles. The van der Waals surface area contributed by atoms with Crippen LogP contribution in [-0.2, 0) is 4.74 Å². The predicted octanol–water partition coefficient (Wildman–Crippen LogP) is 2.83. The monoisotopic (exact) mass is 373 g/mol. The Morgan fingerprint density at radius 3 is 2.39 bits per heavy atom. The SMILES string of the molecule is COC(=O)c1ccc(NC(=O)c2ccc(-c3nnc4ncccn34)cc2)cc1. The highest BCUT2D eigenvalue weighted by molar-refractivity contribution is 6.04. The Bertz CT molecular complexity index is 1150. The molecule has 28 heavy (non-hydrogen) atoms. The summed E-state index contributed by atoms with van der Waals surface area (Å²) in [7, 11) is 1.32. The number of benzene rings is 2. The highest BCUT2D eigenvalue weighted by Gasteiger charge is 2.11. The molecule has 4 aromatic rings. The van der Waals surface area contributed by atoms with Crippen LogP contribution in [0.1, 0.15) is 20.7 Å². The van der Waals surface area contributed by atoms with Gasteiger partial charge in [0.1, 0.15) is 0 Å². The first-order valence-corrected chi connectivity index (χ1v) is 8.41. The lowest BCUT2D eigenvalue weighted by atomic mass is 10.1. The Hall–Kier alpha value is -4.07. The number of anilines is 1. The molecule has 0 bridgehead atoms. The molecule has 0 spiro atoms. The Balaban J connectivity index is 1.50. The van der Waals surface area contributed by atoms with E-state index in [1.807, 2.05) is 6.20 Å². The summed E-state index contributed by atoms with van der Waals surface area (Å²) in [6, 6.07) is 15.3. The number of carbonyl (C=O) groups excluding carboxylic acids is 2. The number of hydrogen-bond donors (Lipinski definition) is 1. The number of amides is 1. The Labute approximate surface area is 159 Å². The maximum Gasteiger partial charge on any atom is 0.337 e. The van der Waals surface area contributed by atoms with E-state index >= 15 is 0 Å². The molecule has 0 aliphatic rings. The summed E-state index contributed by atoms with van der Waals surface area (Å²) in [5, 5.41) is 11.0. The van der Waals surface area contributed by atoms with Crippen LogP contribution in [0.5, 0.6) is 0 Å². The zero-order valence-electron chi connectivity index (χ0n) is 14.9. The minimum atomic E-state index is -0.426. The molecular weight excluding hydrogens is 358 g/mol. The molecule has 0 atom stereocenters. The topological polar surface area (TPSA) is 98.5 Å². The maximum absolute atomic E-state index is 12.5. The van der Waals surface area contributed by atoms with Crippen LogP contribution in [-0.4, -0.2) is 38.6 Å². The number of aromatic nitrogens is 4. The second-order valence-electron chi connectivity index (χ2n) is 5.91. The van der Waals surface area contributed by atoms with Gasteiger partial charge in [0.25, 0.3) is 11.7 Å². The summed E-state index contributed by atoms with van der Waals surface area (Å²) >= 11 is 0. The van der Waals surface area contributed by atoms with Crippen LogP contribution in [0, 0.1) is 0 Å². The average Bonchev–Trinajstić information content (AvgIpc) is 3.18. The summed E-state index contributed by atoms with van der Waals surface area (Å²) in [6.07, 6.45) is 3.48. The third-order valence-electron chi connectivity index (χ3n) is 4.16. The largest absolute Gasteiger partial charge is 0.465 e. The van der Waals surface area contributed by atoms with Gasteiger partial charge in [0.05, 0.1) is 12.7 Å². The van der Waals surface area contributed by atoms with Crippen LogP contribution in [0.25, 0.3) is 17.2 Å². The molecule has 0 aliphatic heterocycles. The van der Waals surface area contributed by atoms with Gasteiger partial charge in [0.2, 0.25) is 0 Å². The standard InChI is InChI=1S/C20H15N5O3/c1-28-19(27)15-7-9-16(10-8-15)22-18(26)14-5-3-13(4-6-14)17-23-24-20-21-11-2-12-25(17)20/h2-12H,1H3,(H,22,26). The Kier molecular flexibility index (Phi) is 4.51. The zero-order valence-corrected chi connectivity index (χ0v) is 14.9. The molecule has 8 heteroatoms. The van der Waals surface area contributed by atoms with Gasteiger partial charge in [-0.05, 0) is 42.5 Å². The fourth-order valence-electron chi connectivity index (χ4n) is 2.72. The first-order valence-electron chi connectivity index (χ1n) is 8.41. The number of fused-ring (bicyclic) bond motifs is 1. The summed E-state index contributed by atoms with van der Waals surface area (Å²) < 4.78 is 6.43. The van der Waals surface area contributed by atoms with Crippen molar-refractivity contribution in [2.45, 2.75) is 0 Å². The second-order valence-corrected chi connectivity index (χ2v) is 5.91. The molecular formula is C20H15N5O3. The van der Waals surface area contributed by atoms with Gasteiger partial charge in [-0.15, -0.1) is 10.2 Å². The van der Waals surface area contributed by atoms with E-state index in [1.165, 1.54) is 7.11 Å². The number of nitrogens with zero attached hydrogens (tertiary/aromatic N) is 4. The summed E-state index contributed by atoms with van der Waals surface area (Å²) in [5.74, 6) is 0.470. The molecule has 4 rings (SSSR count). The van der Waals surface area contributed by atoms with Crippen molar-refractivity contribution in [1.29, 1.82) is 0 Å². The van der Waals surface area contributed by atoms with E-state index in [2.05, 4.69) is 25.2 Å². The molecule has 0 aliphatic carbocycles. The van der Waals surface area contributed by atoms with Gasteiger partial charge in [-0.1, -0.05) is 12.1 Å². The van der Waals surface area contributed by atoms with Gasteiger partial charge >= 0.3 is 5.97 Å². The minimum absolute atomic E-state index is 0.259. The number of carbonyl (C=O) groups is 2. The molecule has 2 heterocycles. The van der Waals surface area contributed by atoms with E-state index in [0.717, 1.165) is 5.56 Å². The molecule has 0 saturated carbocycles. The van der Waals surface area contributed by atoms with Gasteiger partial charge in [0, 0.05) is 29.2 Å². The number of esters is 1. The van der Waals surface area contributed by atoms with Crippen molar-refractivity contribution < 1.29 is 14.3 Å². The first kappa shape index (κ1) is 17.3. The van der Waals surface area contributed by atoms with Crippen molar-refractivity contribution in [3.05, 3.63) is 78.1 Å². The molecule has 0 radical (unpaired) electrons. The smallest absolute Gasteiger partial charge is 0.337 e. The minimum Gasteiger partial charge on any atom is -0.465 e. The number of rotatable bonds is 4. The van der Waals surface area contributed by atoms with Crippen LogP contribution in [0.4, 0.5) is 5.69 Å². The lowest BCUT2D eigenvalue weighted by molar-refractivity contribution is 0.0600. The molecule has 1 amide bonds. The lowest BCUT2D eigenvalue weighted by Gasteiger charge is -2.07. The average molecular weight is 373 g/mol. The van der Waals surface area contributed by atoms with Crippen LogP contribution in [0.3, 0.4) is 0 Å². The fourth-order valence-corrected chi connectivity index (χ4v) is 2.72. The number of methoxy groups -OCH3 is 1. The van der Waals surface area contributed by atoms with Gasteiger partial charge < -0.3 is 10.1 Å². The number of nitrogens with one attached hydrogen (secondary N) is 1. The summed E-state index contributed by atoms with van der Waals surface area (Å²) in [5.41, 5.74) is 2.31. The van der Waals surface area contributed by atoms with Gasteiger partial charge in [-0.2, -0.15) is 0 Å². The van der Waals surface area contributed by atoms with Crippen LogP contribution >= 0.6 is 0 Å². The van der Waals surface area contributed by atoms with E-state index in [1.54, 1.807) is 65.2 Å². The van der Waals surface area contributed by atoms with E-state index in [0.29, 0.717) is 28.4 Å². The van der Waals surface area contributed by atoms with E-state index in [4.69, 9.17) is 0 Å². The first-order chi connectivity index (χ1) is 13.7. The highest BCUT2D eigenvalue weighted by atomic mass is 16.5. The quantitative estimate of drug-likeness (QED) is 0.552. The molecule has 2 aromatic carbocycles. The molecule has 138 valence electrons. The Morgan fingerprint density at radius 1 is 0.964 bits per heavy atom. The van der Waals surface area contributed by atoms with E-state index in [9.17, 15) is 9.59 Å². The highest BCUT2D eigenvalue weighted by Crippen LogP contribution is 2.19. The van der Waals surface area contributed by atoms with Crippen LogP contribution in [0.15, 0.2) is 67.0 Å². The zero-order chi connectivity index (χ0) is 19.5. The molecule has 0 fully saturated rings. The number of hydrogen-bond acceptors (Lipinski definition) is 6. The van der Waals surface area contributed by atoms with Crippen LogP contribution < -0.4 is 5.32 Å². The summed E-state index contributed by atoms with van der Waals surface area (Å²) in [6.45, 7) is 0. The van der Waals surface area contributed by atoms with Gasteiger partial charge in [0.15, 0.2) is 5.82 Å². The molecule has 1 N–H and O–H groups in total. The maximum atomic E-state index is 12.5. The fraction of sp³-hybridized carbons (Fsp3) is 0.0500. The third-order valence-corrected chi connectivity index (χ3v) is 4.16. The van der Waals surface area contributed by atoms with Crippen molar-refractivity contribution in [2.75, 3.05) is 12.4 Å². The molecule has 0 saturated heterocycles. The van der Waals surface area contributed by atoms with Gasteiger partial charge in [-0.3, -0.25) is 9.20 Å². The molecule has 8 nitrogen and oxygen atoms in total. The van der Waals surface area contributed by atoms with Gasteiger partial charge in [-0.25, -0.2) is 9.78 Å². The van der Waals surface area contributed by atoms with E-state index in [-0.39, 0.29) is 5.91 Å². The molecule has 0 unspecified atom stereocenters. The van der Waals surface area contributed by atoms with Crippen molar-refractivity contribution in [2.24, 2.45) is 0 Å².